The van der Waals surface area contributed by atoms with Gasteiger partial charge in [0.2, 0.25) is 0 Å². The van der Waals surface area contributed by atoms with E-state index in [0.717, 1.165) is 0 Å². The quantitative estimate of drug-likeness (QED) is 0.891. The largest absolute Gasteiger partial charge is 0.479 e. The molecule has 0 saturated carbocycles. The third-order valence-electron chi connectivity index (χ3n) is 2.18. The van der Waals surface area contributed by atoms with E-state index in [1.54, 1.807) is 20.8 Å². The number of hydrogen-bond acceptors (Lipinski definition) is 3. The molecule has 0 aliphatic carbocycles. The van der Waals surface area contributed by atoms with E-state index in [-0.39, 0.29) is 10.6 Å². The van der Waals surface area contributed by atoms with Crippen LogP contribution in [-0.2, 0) is 9.53 Å². The molecule has 0 fully saturated rings. The van der Waals surface area contributed by atoms with Gasteiger partial charge in [-0.05, 0) is 32.9 Å². The summed E-state index contributed by atoms with van der Waals surface area (Å²) in [4.78, 5) is 22.9. The fourth-order valence-electron chi connectivity index (χ4n) is 1.43. The Balaban J connectivity index is 2.96. The van der Waals surface area contributed by atoms with Crippen molar-refractivity contribution in [2.45, 2.75) is 32.4 Å². The van der Waals surface area contributed by atoms with Crippen LogP contribution in [0.2, 0.25) is 10.0 Å². The maximum Gasteiger partial charge on any atom is 0.408 e. The number of nitrogens with one attached hydrogen (secondary N) is 1. The Morgan fingerprint density at radius 1 is 1.30 bits per heavy atom. The molecule has 2 N–H and O–H groups in total. The zero-order valence-electron chi connectivity index (χ0n) is 11.2. The number of carboxylic acid groups (broad SMARTS) is 1. The molecular weight excluding hydrogens is 305 g/mol. The van der Waals surface area contributed by atoms with Gasteiger partial charge in [0, 0.05) is 15.6 Å². The number of halogens is 2. The van der Waals surface area contributed by atoms with Gasteiger partial charge in [-0.25, -0.2) is 9.59 Å². The average molecular weight is 320 g/mol. The highest BCUT2D eigenvalue weighted by molar-refractivity contribution is 6.35. The van der Waals surface area contributed by atoms with Crippen molar-refractivity contribution in [3.63, 3.8) is 0 Å². The second-order valence-electron chi connectivity index (χ2n) is 5.08. The van der Waals surface area contributed by atoms with Crippen molar-refractivity contribution in [2.24, 2.45) is 0 Å². The zero-order valence-corrected chi connectivity index (χ0v) is 12.7. The van der Waals surface area contributed by atoms with Gasteiger partial charge in [-0.3, -0.25) is 0 Å². The second kappa shape index (κ2) is 6.33. The monoisotopic (exact) mass is 319 g/mol. The molecule has 20 heavy (non-hydrogen) atoms. The number of aliphatic carboxylic acids is 1. The van der Waals surface area contributed by atoms with Gasteiger partial charge >= 0.3 is 12.1 Å². The van der Waals surface area contributed by atoms with Crippen LogP contribution in [0.15, 0.2) is 18.2 Å². The van der Waals surface area contributed by atoms with Crippen LogP contribution in [0.3, 0.4) is 0 Å². The van der Waals surface area contributed by atoms with Gasteiger partial charge in [0.25, 0.3) is 0 Å². The zero-order chi connectivity index (χ0) is 15.5. The van der Waals surface area contributed by atoms with Gasteiger partial charge in [-0.1, -0.05) is 29.3 Å². The molecule has 0 bridgehead atoms. The molecule has 0 radical (unpaired) electrons. The molecule has 1 rings (SSSR count). The molecule has 1 amide bonds. The first-order valence-corrected chi connectivity index (χ1v) is 6.53. The Hall–Kier alpha value is -1.46. The van der Waals surface area contributed by atoms with Crippen LogP contribution in [-0.4, -0.2) is 22.8 Å². The number of ether oxygens (including phenoxy) is 1. The summed E-state index contributed by atoms with van der Waals surface area (Å²) in [5, 5.41) is 12.0. The van der Waals surface area contributed by atoms with Gasteiger partial charge in [0.15, 0.2) is 6.04 Å². The van der Waals surface area contributed by atoms with Crippen molar-refractivity contribution in [2.75, 3.05) is 0 Å². The molecule has 110 valence electrons. The van der Waals surface area contributed by atoms with Crippen molar-refractivity contribution in [3.05, 3.63) is 33.8 Å². The lowest BCUT2D eigenvalue weighted by Crippen LogP contribution is -2.38. The summed E-state index contributed by atoms with van der Waals surface area (Å²) in [5.41, 5.74) is -0.494. The Kier molecular flexibility index (Phi) is 5.25. The van der Waals surface area contributed by atoms with E-state index in [1.165, 1.54) is 18.2 Å². The highest BCUT2D eigenvalue weighted by Gasteiger charge is 2.27. The Labute approximate surface area is 126 Å². The van der Waals surface area contributed by atoms with Gasteiger partial charge in [0.1, 0.15) is 5.60 Å². The summed E-state index contributed by atoms with van der Waals surface area (Å²) in [5.74, 6) is -1.25. The molecule has 0 aliphatic rings. The summed E-state index contributed by atoms with van der Waals surface area (Å²) in [6.45, 7) is 5.03. The fourth-order valence-corrected chi connectivity index (χ4v) is 1.95. The molecule has 1 aromatic carbocycles. The van der Waals surface area contributed by atoms with Crippen molar-refractivity contribution < 1.29 is 19.4 Å². The number of carbonyl (C=O) groups excluding carboxylic acids is 1. The third-order valence-corrected chi connectivity index (χ3v) is 2.74. The van der Waals surface area contributed by atoms with E-state index >= 15 is 0 Å². The normalized spacial score (nSPS) is 12.7. The first-order valence-electron chi connectivity index (χ1n) is 5.77. The Morgan fingerprint density at radius 2 is 1.90 bits per heavy atom. The standard InChI is InChI=1S/C13H15Cl2NO4/c1-13(2,3)20-12(19)16-10(11(17)18)8-5-4-7(14)6-9(8)15/h4-6,10H,1-3H3,(H,16,19)(H,17,18). The number of carbonyl (C=O) groups is 2. The van der Waals surface area contributed by atoms with E-state index in [2.05, 4.69) is 5.32 Å². The molecule has 1 aromatic rings. The lowest BCUT2D eigenvalue weighted by Gasteiger charge is -2.22. The summed E-state index contributed by atoms with van der Waals surface area (Å²) >= 11 is 11.7. The van der Waals surface area contributed by atoms with Crippen LogP contribution in [0, 0.1) is 0 Å². The number of amides is 1. The number of benzene rings is 1. The van der Waals surface area contributed by atoms with Crippen LogP contribution >= 0.6 is 23.2 Å². The summed E-state index contributed by atoms with van der Waals surface area (Å²) in [6.07, 6.45) is -0.837. The van der Waals surface area contributed by atoms with E-state index in [1.807, 2.05) is 0 Å². The lowest BCUT2D eigenvalue weighted by molar-refractivity contribution is -0.139. The number of hydrogen-bond donors (Lipinski definition) is 2. The van der Waals surface area contributed by atoms with Crippen molar-refractivity contribution in [1.29, 1.82) is 0 Å². The first-order chi connectivity index (χ1) is 9.10. The Bertz CT molecular complexity index is 526. The van der Waals surface area contributed by atoms with E-state index in [9.17, 15) is 14.7 Å². The van der Waals surface area contributed by atoms with Gasteiger partial charge < -0.3 is 15.2 Å². The molecule has 1 atom stereocenters. The average Bonchev–Trinajstić information content (AvgIpc) is 2.23. The topological polar surface area (TPSA) is 75.6 Å². The number of alkyl carbamates (subject to hydrolysis) is 1. The van der Waals surface area contributed by atoms with Crippen LogP contribution < -0.4 is 5.32 Å². The Morgan fingerprint density at radius 3 is 2.35 bits per heavy atom. The predicted molar refractivity (Wildman–Crippen MR) is 76.2 cm³/mol. The van der Waals surface area contributed by atoms with Crippen molar-refractivity contribution in [3.8, 4) is 0 Å². The van der Waals surface area contributed by atoms with Crippen LogP contribution in [0.4, 0.5) is 4.79 Å². The molecule has 7 heteroatoms. The SMILES string of the molecule is CC(C)(C)OC(=O)NC(C(=O)O)c1ccc(Cl)cc1Cl. The van der Waals surface area contributed by atoms with E-state index < -0.39 is 23.7 Å². The van der Waals surface area contributed by atoms with Gasteiger partial charge in [-0.15, -0.1) is 0 Å². The maximum absolute atomic E-state index is 11.7. The minimum absolute atomic E-state index is 0.154. The summed E-state index contributed by atoms with van der Waals surface area (Å²) < 4.78 is 5.02. The van der Waals surface area contributed by atoms with E-state index in [4.69, 9.17) is 27.9 Å². The fraction of sp³-hybridized carbons (Fsp3) is 0.385. The van der Waals surface area contributed by atoms with Crippen LogP contribution in [0.5, 0.6) is 0 Å². The number of rotatable bonds is 3. The highest BCUT2D eigenvalue weighted by atomic mass is 35.5. The number of carboxylic acids is 1. The van der Waals surface area contributed by atoms with Crippen LogP contribution in [0.1, 0.15) is 32.4 Å². The maximum atomic E-state index is 11.7. The molecule has 0 saturated heterocycles. The predicted octanol–water partition coefficient (Wildman–Crippen LogP) is 3.64. The molecule has 0 heterocycles. The molecule has 0 spiro atoms. The molecule has 0 aromatic heterocycles. The van der Waals surface area contributed by atoms with Crippen molar-refractivity contribution in [1.82, 2.24) is 5.32 Å². The highest BCUT2D eigenvalue weighted by Crippen LogP contribution is 2.26. The molecular formula is C13H15Cl2NO4. The molecule has 1 unspecified atom stereocenters. The smallest absolute Gasteiger partial charge is 0.408 e. The minimum atomic E-state index is -1.31. The third kappa shape index (κ3) is 4.90. The molecule has 0 aliphatic heterocycles. The first kappa shape index (κ1) is 16.6. The summed E-state index contributed by atoms with van der Waals surface area (Å²) in [6, 6.07) is 3.04. The van der Waals surface area contributed by atoms with Crippen molar-refractivity contribution >= 4 is 35.3 Å². The second-order valence-corrected chi connectivity index (χ2v) is 5.93. The van der Waals surface area contributed by atoms with Gasteiger partial charge in [0.05, 0.1) is 0 Å². The molecule has 5 nitrogen and oxygen atoms in total. The lowest BCUT2D eigenvalue weighted by atomic mass is 10.1. The summed E-state index contributed by atoms with van der Waals surface area (Å²) in [7, 11) is 0. The van der Waals surface area contributed by atoms with Crippen LogP contribution in [0.25, 0.3) is 0 Å². The van der Waals surface area contributed by atoms with Gasteiger partial charge in [-0.2, -0.15) is 0 Å². The minimum Gasteiger partial charge on any atom is -0.479 e. The van der Waals surface area contributed by atoms with E-state index in [0.29, 0.717) is 5.02 Å².